The van der Waals surface area contributed by atoms with Crippen LogP contribution in [0.15, 0.2) is 60.7 Å². The van der Waals surface area contributed by atoms with Gasteiger partial charge in [0.05, 0.1) is 20.3 Å². The molecule has 2 N–H and O–H groups in total. The Hall–Kier alpha value is -4.93. The van der Waals surface area contributed by atoms with Gasteiger partial charge in [-0.3, -0.25) is 4.90 Å². The molecule has 0 aliphatic carbocycles. The number of nitrogens with zero attached hydrogens (tertiary/aromatic N) is 2. The van der Waals surface area contributed by atoms with E-state index in [2.05, 4.69) is 65.9 Å². The van der Waals surface area contributed by atoms with Gasteiger partial charge in [0.15, 0.2) is 34.5 Å². The number of amides is 2. The molecule has 10 heteroatoms. The molecule has 0 aromatic heterocycles. The summed E-state index contributed by atoms with van der Waals surface area (Å²) in [6.07, 6.45) is 3.78. The smallest absolute Gasteiger partial charge is 0.317 e. The van der Waals surface area contributed by atoms with Crippen molar-refractivity contribution >= 4 is 6.03 Å². The van der Waals surface area contributed by atoms with E-state index in [-0.39, 0.29) is 18.1 Å². The van der Waals surface area contributed by atoms with Crippen molar-refractivity contribution in [1.29, 1.82) is 0 Å². The van der Waals surface area contributed by atoms with E-state index in [1.165, 1.54) is 11.1 Å². The van der Waals surface area contributed by atoms with Crippen molar-refractivity contribution < 1.29 is 28.5 Å². The Labute approximate surface area is 299 Å². The number of nitrogens with one attached hydrogen (secondary N) is 2. The molecule has 5 aliphatic rings. The molecule has 266 valence electrons. The van der Waals surface area contributed by atoms with Gasteiger partial charge < -0.3 is 39.2 Å². The zero-order chi connectivity index (χ0) is 35.1. The molecule has 0 radical (unpaired) electrons. The van der Waals surface area contributed by atoms with Gasteiger partial charge in [-0.05, 0) is 123 Å². The average Bonchev–Trinajstić information content (AvgIpc) is 3.14. The predicted octanol–water partition coefficient (Wildman–Crippen LogP) is 7.33. The Morgan fingerprint density at radius 1 is 0.784 bits per heavy atom. The van der Waals surface area contributed by atoms with Crippen molar-refractivity contribution in [3.8, 4) is 46.0 Å². The maximum atomic E-state index is 13.9. The van der Waals surface area contributed by atoms with Crippen LogP contribution in [0.4, 0.5) is 4.79 Å². The van der Waals surface area contributed by atoms with Crippen LogP contribution in [0.3, 0.4) is 0 Å². The van der Waals surface area contributed by atoms with E-state index in [0.717, 1.165) is 66.9 Å². The van der Waals surface area contributed by atoms with E-state index in [4.69, 9.17) is 23.7 Å². The van der Waals surface area contributed by atoms with E-state index < -0.39 is 0 Å². The summed E-state index contributed by atoms with van der Waals surface area (Å²) in [4.78, 5) is 18.2. The van der Waals surface area contributed by atoms with E-state index >= 15 is 0 Å². The second kappa shape index (κ2) is 14.0. The number of methoxy groups -OCH3 is 2. The van der Waals surface area contributed by atoms with Crippen LogP contribution < -0.4 is 34.3 Å². The summed E-state index contributed by atoms with van der Waals surface area (Å²) in [7, 11) is 5.51. The lowest BCUT2D eigenvalue weighted by molar-refractivity contribution is 0.168. The lowest BCUT2D eigenvalue weighted by atomic mass is 9.86. The molecule has 2 amide bonds. The molecule has 9 rings (SSSR count). The largest absolute Gasteiger partial charge is 0.493 e. The Kier molecular flexibility index (Phi) is 9.12. The molecule has 4 aromatic rings. The van der Waals surface area contributed by atoms with Gasteiger partial charge in [0.25, 0.3) is 0 Å². The molecule has 4 aromatic carbocycles. The van der Waals surface area contributed by atoms with E-state index in [1.807, 2.05) is 29.2 Å². The molecule has 7 bridgehead atoms. The van der Waals surface area contributed by atoms with Crippen molar-refractivity contribution in [2.45, 2.75) is 51.1 Å². The maximum Gasteiger partial charge on any atom is 0.317 e. The normalized spacial score (nSPS) is 18.5. The summed E-state index contributed by atoms with van der Waals surface area (Å²) in [5.41, 5.74) is 6.72. The van der Waals surface area contributed by atoms with Gasteiger partial charge in [-0.1, -0.05) is 25.1 Å². The van der Waals surface area contributed by atoms with Crippen LogP contribution in [-0.2, 0) is 25.7 Å². The van der Waals surface area contributed by atoms with Crippen LogP contribution in [0.1, 0.15) is 58.8 Å². The first kappa shape index (κ1) is 33.2. The number of benzene rings is 4. The third kappa shape index (κ3) is 6.31. The van der Waals surface area contributed by atoms with Gasteiger partial charge in [0, 0.05) is 31.2 Å². The van der Waals surface area contributed by atoms with Gasteiger partial charge in [0.2, 0.25) is 5.75 Å². The van der Waals surface area contributed by atoms with Crippen LogP contribution in [-0.4, -0.2) is 69.8 Å². The highest BCUT2D eigenvalue weighted by atomic mass is 16.6. The lowest BCUT2D eigenvalue weighted by Crippen LogP contribution is -2.46. The van der Waals surface area contributed by atoms with Gasteiger partial charge in [-0.2, -0.15) is 0 Å². The first-order valence-corrected chi connectivity index (χ1v) is 18.1. The van der Waals surface area contributed by atoms with Crippen LogP contribution in [0.25, 0.3) is 0 Å². The van der Waals surface area contributed by atoms with Crippen LogP contribution in [0.5, 0.6) is 46.0 Å². The number of carbonyl (C=O) groups is 1. The number of hydrogen-bond acceptors (Lipinski definition) is 8. The lowest BCUT2D eigenvalue weighted by Gasteiger charge is -2.39. The van der Waals surface area contributed by atoms with Gasteiger partial charge in [0.1, 0.15) is 5.75 Å². The fraction of sp³-hybridized carbons (Fsp3) is 0.390. The summed E-state index contributed by atoms with van der Waals surface area (Å²) in [6.45, 7) is 5.94. The van der Waals surface area contributed by atoms with Crippen molar-refractivity contribution in [3.63, 3.8) is 0 Å². The number of fused-ring (bicyclic) bond motifs is 2. The van der Waals surface area contributed by atoms with Gasteiger partial charge in [-0.25, -0.2) is 4.79 Å². The Balaban J connectivity index is 1.26. The fourth-order valence-electron chi connectivity index (χ4n) is 7.97. The number of ether oxygens (including phenoxy) is 5. The standard InChI is InChI=1S/C41H46N4O6/c1-5-42-15-6-16-43-41(46)45-18-14-27-22-35-36-24-30(27)31(45)20-26-9-12-33(47-3)34(21-26)49-29-10-7-25(8-11-29)19-32-38-28(13-17-44(32)2)23-37(48-4)39(50-35)40(38)51-36/h7-12,21-24,31-32,42H,5-6,13-20H2,1-4H3,(H,43,46). The zero-order valence-corrected chi connectivity index (χ0v) is 29.8. The highest BCUT2D eigenvalue weighted by Crippen LogP contribution is 2.56. The number of hydrogen-bond donors (Lipinski definition) is 2. The molecule has 0 saturated heterocycles. The quantitative estimate of drug-likeness (QED) is 0.172. The number of carbonyl (C=O) groups excluding carboxylic acids is 1. The van der Waals surface area contributed by atoms with E-state index in [1.54, 1.807) is 14.2 Å². The van der Waals surface area contributed by atoms with Crippen molar-refractivity contribution in [3.05, 3.63) is 94.0 Å². The minimum atomic E-state index is -0.254. The molecule has 5 heterocycles. The van der Waals surface area contributed by atoms with Crippen LogP contribution >= 0.6 is 0 Å². The second-order valence-corrected chi connectivity index (χ2v) is 13.8. The van der Waals surface area contributed by atoms with Crippen molar-refractivity contribution in [1.82, 2.24) is 20.4 Å². The van der Waals surface area contributed by atoms with E-state index in [9.17, 15) is 4.79 Å². The monoisotopic (exact) mass is 690 g/mol. The summed E-state index contributed by atoms with van der Waals surface area (Å²) in [6, 6.07) is 20.4. The highest BCUT2D eigenvalue weighted by molar-refractivity contribution is 5.76. The van der Waals surface area contributed by atoms with Gasteiger partial charge >= 0.3 is 6.03 Å². The summed E-state index contributed by atoms with van der Waals surface area (Å²) >= 11 is 0. The Morgan fingerprint density at radius 2 is 1.53 bits per heavy atom. The molecule has 51 heavy (non-hydrogen) atoms. The summed E-state index contributed by atoms with van der Waals surface area (Å²) < 4.78 is 31.8. The molecule has 2 atom stereocenters. The number of rotatable bonds is 7. The third-order valence-electron chi connectivity index (χ3n) is 10.7. The van der Waals surface area contributed by atoms with Crippen molar-refractivity contribution in [2.24, 2.45) is 0 Å². The SMILES string of the molecule is CCNCCCNC(=O)N1CCc2cc3c4cc2C1Cc1ccc(OC)c(c1)Oc1ccc(cc1)CC1c2c(cc(OC)c(c2O4)O3)CCN1C. The molecule has 0 spiro atoms. The topological polar surface area (TPSA) is 93.8 Å². The first-order chi connectivity index (χ1) is 24.9. The number of likely N-dealkylation sites (N-methyl/N-ethyl adjacent to an activating group) is 1. The molecule has 2 unspecified atom stereocenters. The third-order valence-corrected chi connectivity index (χ3v) is 10.7. The average molecular weight is 691 g/mol. The molecule has 5 aliphatic heterocycles. The zero-order valence-electron chi connectivity index (χ0n) is 29.8. The molecular weight excluding hydrogens is 644 g/mol. The summed E-state index contributed by atoms with van der Waals surface area (Å²) in [5, 5.41) is 6.52. The summed E-state index contributed by atoms with van der Waals surface area (Å²) in [5.74, 6) is 5.30. The number of urea groups is 1. The van der Waals surface area contributed by atoms with Gasteiger partial charge in [-0.15, -0.1) is 0 Å². The Morgan fingerprint density at radius 3 is 2.33 bits per heavy atom. The molecule has 0 fully saturated rings. The van der Waals surface area contributed by atoms with E-state index in [0.29, 0.717) is 66.2 Å². The minimum absolute atomic E-state index is 0.0538. The fourth-order valence-corrected chi connectivity index (χ4v) is 7.97. The second-order valence-electron chi connectivity index (χ2n) is 13.8. The highest BCUT2D eigenvalue weighted by Gasteiger charge is 2.38. The Bertz CT molecular complexity index is 1950. The first-order valence-electron chi connectivity index (χ1n) is 18.1. The molecular formula is C41H46N4O6. The van der Waals surface area contributed by atoms with Crippen LogP contribution in [0, 0.1) is 0 Å². The maximum absolute atomic E-state index is 13.9. The predicted molar refractivity (Wildman–Crippen MR) is 195 cm³/mol. The van der Waals surface area contributed by atoms with Crippen molar-refractivity contribution in [2.75, 3.05) is 54.0 Å². The minimum Gasteiger partial charge on any atom is -0.493 e. The molecule has 10 nitrogen and oxygen atoms in total. The molecule has 0 saturated carbocycles. The van der Waals surface area contributed by atoms with Crippen LogP contribution in [0.2, 0.25) is 0 Å².